The Hall–Kier alpha value is -2.91. The van der Waals surface area contributed by atoms with Crippen LogP contribution in [-0.2, 0) is 4.79 Å². The van der Waals surface area contributed by atoms with Crippen molar-refractivity contribution in [3.05, 3.63) is 75.6 Å². The third-order valence-electron chi connectivity index (χ3n) is 4.19. The number of hydrogen-bond donors (Lipinski definition) is 2. The molecule has 2 N–H and O–H groups in total. The smallest absolute Gasteiger partial charge is 0.262 e. The Bertz CT molecular complexity index is 1220. The number of carbonyl (C=O) groups is 1. The molecule has 7 nitrogen and oxygen atoms in total. The monoisotopic (exact) mass is 469 g/mol. The quantitative estimate of drug-likeness (QED) is 0.340. The summed E-state index contributed by atoms with van der Waals surface area (Å²) in [6.07, 6.45) is 1.49. The molecule has 0 aliphatic rings. The number of thioether (sulfide) groups is 1. The van der Waals surface area contributed by atoms with Gasteiger partial charge in [0.15, 0.2) is 10.8 Å². The molecule has 0 bridgehead atoms. The number of carbonyl (C=O) groups excluding carboxylic acids is 1. The van der Waals surface area contributed by atoms with Gasteiger partial charge in [0.05, 0.1) is 17.1 Å². The molecule has 0 aliphatic carbocycles. The van der Waals surface area contributed by atoms with Gasteiger partial charge in [0.25, 0.3) is 5.56 Å². The summed E-state index contributed by atoms with van der Waals surface area (Å²) in [5.41, 5.74) is 1.66. The van der Waals surface area contributed by atoms with E-state index in [4.69, 9.17) is 0 Å². The predicted molar refractivity (Wildman–Crippen MR) is 118 cm³/mol. The lowest BCUT2D eigenvalue weighted by Crippen LogP contribution is -2.23. The van der Waals surface area contributed by atoms with E-state index < -0.39 is 5.25 Å². The molecular formula is C20H16BrN5O2S. The summed E-state index contributed by atoms with van der Waals surface area (Å²) < 4.78 is 2.55. The number of rotatable bonds is 5. The van der Waals surface area contributed by atoms with Crippen molar-refractivity contribution in [2.45, 2.75) is 17.3 Å². The van der Waals surface area contributed by atoms with Crippen molar-refractivity contribution >= 4 is 50.3 Å². The van der Waals surface area contributed by atoms with Crippen LogP contribution in [0.5, 0.6) is 0 Å². The molecule has 4 aromatic rings. The van der Waals surface area contributed by atoms with E-state index in [0.29, 0.717) is 21.9 Å². The molecular weight excluding hydrogens is 454 g/mol. The molecule has 146 valence electrons. The summed E-state index contributed by atoms with van der Waals surface area (Å²) in [6.45, 7) is 1.76. The number of aromatic amines is 1. The highest BCUT2D eigenvalue weighted by atomic mass is 79.9. The summed E-state index contributed by atoms with van der Waals surface area (Å²) in [6, 6.07) is 16.8. The number of H-pyrrole nitrogens is 1. The SMILES string of the molecule is C[C@H](Sc1nc2c(cnn2-c2ccccc2)c(=O)[nH]1)C(=O)Nc1ccc(Br)cc1. The fourth-order valence-electron chi connectivity index (χ4n) is 2.71. The lowest BCUT2D eigenvalue weighted by Gasteiger charge is -2.11. The van der Waals surface area contributed by atoms with Crippen LogP contribution >= 0.6 is 27.7 Å². The van der Waals surface area contributed by atoms with E-state index in [2.05, 4.69) is 36.3 Å². The van der Waals surface area contributed by atoms with Gasteiger partial charge in [-0.2, -0.15) is 5.10 Å². The zero-order valence-electron chi connectivity index (χ0n) is 15.3. The van der Waals surface area contributed by atoms with E-state index in [9.17, 15) is 9.59 Å². The van der Waals surface area contributed by atoms with Gasteiger partial charge < -0.3 is 10.3 Å². The fraction of sp³-hybridized carbons (Fsp3) is 0.100. The molecule has 1 amide bonds. The molecule has 9 heteroatoms. The molecule has 0 spiro atoms. The highest BCUT2D eigenvalue weighted by Gasteiger charge is 2.18. The summed E-state index contributed by atoms with van der Waals surface area (Å²) in [7, 11) is 0. The maximum Gasteiger partial charge on any atom is 0.262 e. The van der Waals surface area contributed by atoms with E-state index in [1.807, 2.05) is 54.6 Å². The van der Waals surface area contributed by atoms with Gasteiger partial charge in [0.2, 0.25) is 5.91 Å². The van der Waals surface area contributed by atoms with Crippen LogP contribution in [0.4, 0.5) is 5.69 Å². The second kappa shape index (κ2) is 8.22. The van der Waals surface area contributed by atoms with Gasteiger partial charge in [-0.25, -0.2) is 9.67 Å². The first-order chi connectivity index (χ1) is 14.0. The average Bonchev–Trinajstić information content (AvgIpc) is 3.15. The number of halogens is 1. The first kappa shape index (κ1) is 19.4. The van der Waals surface area contributed by atoms with Crippen LogP contribution < -0.4 is 10.9 Å². The molecule has 0 aliphatic heterocycles. The standard InChI is InChI=1S/C20H16BrN5O2S/c1-12(18(27)23-14-9-7-13(21)8-10-14)29-20-24-17-16(19(28)25-20)11-22-26(17)15-5-3-2-4-6-15/h2-12H,1H3,(H,23,27)(H,24,25,28)/t12-/m0/s1. The van der Waals surface area contributed by atoms with Crippen molar-refractivity contribution in [2.75, 3.05) is 5.32 Å². The topological polar surface area (TPSA) is 92.7 Å². The number of para-hydroxylation sites is 1. The van der Waals surface area contributed by atoms with Crippen LogP contribution in [-0.4, -0.2) is 30.9 Å². The van der Waals surface area contributed by atoms with Crippen molar-refractivity contribution in [2.24, 2.45) is 0 Å². The Morgan fingerprint density at radius 1 is 1.17 bits per heavy atom. The highest BCUT2D eigenvalue weighted by molar-refractivity contribution is 9.10. The lowest BCUT2D eigenvalue weighted by atomic mass is 10.3. The molecule has 2 aromatic carbocycles. The van der Waals surface area contributed by atoms with Crippen molar-refractivity contribution in [3.8, 4) is 5.69 Å². The maximum absolute atomic E-state index is 12.5. The number of hydrogen-bond acceptors (Lipinski definition) is 5. The molecule has 0 saturated heterocycles. The van der Waals surface area contributed by atoms with Crippen LogP contribution in [0, 0.1) is 0 Å². The zero-order chi connectivity index (χ0) is 20.4. The fourth-order valence-corrected chi connectivity index (χ4v) is 3.77. The molecule has 0 saturated carbocycles. The molecule has 1 atom stereocenters. The van der Waals surface area contributed by atoms with Gasteiger partial charge in [0.1, 0.15) is 5.39 Å². The zero-order valence-corrected chi connectivity index (χ0v) is 17.7. The lowest BCUT2D eigenvalue weighted by molar-refractivity contribution is -0.115. The normalized spacial score (nSPS) is 12.1. The number of aromatic nitrogens is 4. The van der Waals surface area contributed by atoms with Crippen LogP contribution in [0.1, 0.15) is 6.92 Å². The minimum Gasteiger partial charge on any atom is -0.325 e. The van der Waals surface area contributed by atoms with Gasteiger partial charge in [-0.3, -0.25) is 9.59 Å². The first-order valence-electron chi connectivity index (χ1n) is 8.78. The van der Waals surface area contributed by atoms with Gasteiger partial charge in [-0.1, -0.05) is 45.9 Å². The van der Waals surface area contributed by atoms with E-state index in [0.717, 1.165) is 10.2 Å². The molecule has 0 unspecified atom stereocenters. The van der Waals surface area contributed by atoms with Crippen molar-refractivity contribution < 1.29 is 4.79 Å². The van der Waals surface area contributed by atoms with Gasteiger partial charge in [-0.15, -0.1) is 0 Å². The Kier molecular flexibility index (Phi) is 5.50. The average molecular weight is 470 g/mol. The molecule has 0 radical (unpaired) electrons. The number of amides is 1. The second-order valence-electron chi connectivity index (χ2n) is 6.26. The number of fused-ring (bicyclic) bond motifs is 1. The largest absolute Gasteiger partial charge is 0.325 e. The molecule has 2 aromatic heterocycles. The summed E-state index contributed by atoms with van der Waals surface area (Å²) in [5, 5.41) is 7.43. The molecule has 29 heavy (non-hydrogen) atoms. The van der Waals surface area contributed by atoms with Crippen LogP contribution in [0.2, 0.25) is 0 Å². The molecule has 0 fully saturated rings. The Morgan fingerprint density at radius 3 is 2.62 bits per heavy atom. The van der Waals surface area contributed by atoms with Crippen LogP contribution in [0.25, 0.3) is 16.7 Å². The minimum absolute atomic E-state index is 0.184. The molecule has 2 heterocycles. The molecule has 4 rings (SSSR count). The Balaban J connectivity index is 1.58. The minimum atomic E-state index is -0.465. The number of nitrogens with one attached hydrogen (secondary N) is 2. The Labute approximate surface area is 178 Å². The second-order valence-corrected chi connectivity index (χ2v) is 8.50. The van der Waals surface area contributed by atoms with Crippen molar-refractivity contribution in [3.63, 3.8) is 0 Å². The van der Waals surface area contributed by atoms with E-state index in [1.54, 1.807) is 11.6 Å². The van der Waals surface area contributed by atoms with Crippen LogP contribution in [0.3, 0.4) is 0 Å². The first-order valence-corrected chi connectivity index (χ1v) is 10.4. The third-order valence-corrected chi connectivity index (χ3v) is 5.70. The van der Waals surface area contributed by atoms with E-state index >= 15 is 0 Å². The summed E-state index contributed by atoms with van der Waals surface area (Å²) in [5.74, 6) is -0.184. The predicted octanol–water partition coefficient (Wildman–Crippen LogP) is 3.99. The van der Waals surface area contributed by atoms with Crippen molar-refractivity contribution in [1.82, 2.24) is 19.7 Å². The van der Waals surface area contributed by atoms with Gasteiger partial charge >= 0.3 is 0 Å². The summed E-state index contributed by atoms with van der Waals surface area (Å²) in [4.78, 5) is 32.2. The number of benzene rings is 2. The van der Waals surface area contributed by atoms with E-state index in [-0.39, 0.29) is 11.5 Å². The van der Waals surface area contributed by atoms with Gasteiger partial charge in [0, 0.05) is 10.2 Å². The van der Waals surface area contributed by atoms with Crippen LogP contribution in [0.15, 0.2) is 75.2 Å². The van der Waals surface area contributed by atoms with E-state index in [1.165, 1.54) is 18.0 Å². The number of nitrogens with zero attached hydrogens (tertiary/aromatic N) is 3. The summed E-state index contributed by atoms with van der Waals surface area (Å²) >= 11 is 4.55. The maximum atomic E-state index is 12.5. The highest BCUT2D eigenvalue weighted by Crippen LogP contribution is 2.23. The van der Waals surface area contributed by atoms with Crippen molar-refractivity contribution in [1.29, 1.82) is 0 Å². The number of anilines is 1. The third kappa shape index (κ3) is 4.25. The Morgan fingerprint density at radius 2 is 1.90 bits per heavy atom. The van der Waals surface area contributed by atoms with Gasteiger partial charge in [-0.05, 0) is 43.3 Å².